The summed E-state index contributed by atoms with van der Waals surface area (Å²) in [6, 6.07) is 6.54. The first-order valence-electron chi connectivity index (χ1n) is 6.19. The summed E-state index contributed by atoms with van der Waals surface area (Å²) in [4.78, 5) is 4.58. The molecular weight excluding hydrogens is 230 g/mol. The Morgan fingerprint density at radius 2 is 2.41 bits per heavy atom. The van der Waals surface area contributed by atoms with Crippen LogP contribution in [0.1, 0.15) is 26.2 Å². The normalized spacial score (nSPS) is 22.9. The van der Waals surface area contributed by atoms with Crippen molar-refractivity contribution in [1.82, 2.24) is 4.98 Å². The zero-order chi connectivity index (χ0) is 11.8. The summed E-state index contributed by atoms with van der Waals surface area (Å²) < 4.78 is 1.17. The van der Waals surface area contributed by atoms with Crippen LogP contribution in [-0.4, -0.2) is 11.0 Å². The van der Waals surface area contributed by atoms with Gasteiger partial charge in [-0.25, -0.2) is 4.98 Å². The molecule has 0 radical (unpaired) electrons. The van der Waals surface area contributed by atoms with Gasteiger partial charge in [0.1, 0.15) is 0 Å². The molecule has 90 valence electrons. The van der Waals surface area contributed by atoms with Gasteiger partial charge >= 0.3 is 0 Å². The quantitative estimate of drug-likeness (QED) is 0.813. The molecule has 0 amide bonds. The second-order valence-electron chi connectivity index (χ2n) is 4.78. The van der Waals surface area contributed by atoms with Crippen LogP contribution in [0.4, 0.5) is 10.8 Å². The molecule has 2 aromatic rings. The molecule has 1 aromatic carbocycles. The van der Waals surface area contributed by atoms with Crippen LogP contribution in [0, 0.1) is 5.92 Å². The lowest BCUT2D eigenvalue weighted by Gasteiger charge is -1.99. The van der Waals surface area contributed by atoms with Crippen molar-refractivity contribution in [3.05, 3.63) is 18.2 Å². The number of nitrogens with zero attached hydrogens (tertiary/aromatic N) is 1. The van der Waals surface area contributed by atoms with Crippen LogP contribution in [0.3, 0.4) is 0 Å². The fourth-order valence-electron chi connectivity index (χ4n) is 2.28. The van der Waals surface area contributed by atoms with Gasteiger partial charge < -0.3 is 11.1 Å². The van der Waals surface area contributed by atoms with Gasteiger partial charge in [-0.3, -0.25) is 0 Å². The minimum Gasteiger partial charge on any atom is -0.399 e. The third kappa shape index (κ3) is 2.22. The van der Waals surface area contributed by atoms with E-state index in [0.29, 0.717) is 6.04 Å². The summed E-state index contributed by atoms with van der Waals surface area (Å²) in [7, 11) is 0. The lowest BCUT2D eigenvalue weighted by Crippen LogP contribution is -2.03. The average Bonchev–Trinajstić information content (AvgIpc) is 2.88. The molecule has 3 rings (SSSR count). The van der Waals surface area contributed by atoms with E-state index in [0.717, 1.165) is 22.3 Å². The Balaban J connectivity index is 1.74. The fraction of sp³-hybridized carbons (Fsp3) is 0.462. The summed E-state index contributed by atoms with van der Waals surface area (Å²) in [5.41, 5.74) is 7.62. The van der Waals surface area contributed by atoms with E-state index < -0.39 is 0 Å². The van der Waals surface area contributed by atoms with Crippen LogP contribution < -0.4 is 11.1 Å². The van der Waals surface area contributed by atoms with Crippen LogP contribution in [0.25, 0.3) is 10.2 Å². The maximum atomic E-state index is 5.77. The summed E-state index contributed by atoms with van der Waals surface area (Å²) in [5.74, 6) is 0.858. The molecule has 0 spiro atoms. The Hall–Kier alpha value is -1.29. The van der Waals surface area contributed by atoms with E-state index in [-0.39, 0.29) is 0 Å². The van der Waals surface area contributed by atoms with Crippen molar-refractivity contribution < 1.29 is 0 Å². The minimum atomic E-state index is 0.646. The Labute approximate surface area is 105 Å². The van der Waals surface area contributed by atoms with Crippen LogP contribution in [-0.2, 0) is 0 Å². The minimum absolute atomic E-state index is 0.646. The lowest BCUT2D eigenvalue weighted by atomic mass is 10.2. The fourth-order valence-corrected chi connectivity index (χ4v) is 3.25. The van der Waals surface area contributed by atoms with Gasteiger partial charge in [-0.2, -0.15) is 0 Å². The number of fused-ring (bicyclic) bond motifs is 1. The van der Waals surface area contributed by atoms with Crippen molar-refractivity contribution in [3.8, 4) is 0 Å². The van der Waals surface area contributed by atoms with E-state index in [4.69, 9.17) is 5.73 Å². The van der Waals surface area contributed by atoms with E-state index >= 15 is 0 Å². The van der Waals surface area contributed by atoms with Gasteiger partial charge in [-0.1, -0.05) is 24.7 Å². The Bertz CT molecular complexity index is 534. The number of hydrogen-bond acceptors (Lipinski definition) is 4. The largest absolute Gasteiger partial charge is 0.399 e. The highest BCUT2D eigenvalue weighted by molar-refractivity contribution is 7.22. The van der Waals surface area contributed by atoms with Crippen LogP contribution in [0.15, 0.2) is 18.2 Å². The van der Waals surface area contributed by atoms with E-state index in [1.807, 2.05) is 18.2 Å². The van der Waals surface area contributed by atoms with Crippen molar-refractivity contribution in [1.29, 1.82) is 0 Å². The van der Waals surface area contributed by atoms with Gasteiger partial charge in [0.2, 0.25) is 0 Å². The van der Waals surface area contributed by atoms with Crippen molar-refractivity contribution in [2.75, 3.05) is 11.1 Å². The summed E-state index contributed by atoms with van der Waals surface area (Å²) in [5, 5.41) is 4.56. The Kier molecular flexibility index (Phi) is 2.67. The topological polar surface area (TPSA) is 50.9 Å². The van der Waals surface area contributed by atoms with Gasteiger partial charge in [-0.05, 0) is 37.0 Å². The number of thiazole rings is 1. The highest BCUT2D eigenvalue weighted by Crippen LogP contribution is 2.38. The number of nitrogens with one attached hydrogen (secondary N) is 1. The maximum Gasteiger partial charge on any atom is 0.184 e. The predicted octanol–water partition coefficient (Wildman–Crippen LogP) is 3.48. The van der Waals surface area contributed by atoms with Gasteiger partial charge in [0.25, 0.3) is 0 Å². The average molecular weight is 247 g/mol. The molecule has 3 nitrogen and oxygen atoms in total. The van der Waals surface area contributed by atoms with Gasteiger partial charge in [0.15, 0.2) is 5.13 Å². The zero-order valence-electron chi connectivity index (χ0n) is 9.94. The Morgan fingerprint density at radius 1 is 1.53 bits per heavy atom. The molecule has 1 fully saturated rings. The number of benzene rings is 1. The first-order chi connectivity index (χ1) is 8.26. The molecule has 3 N–H and O–H groups in total. The SMILES string of the molecule is CCCC1CC1Nc1nc2ccc(N)cc2s1. The van der Waals surface area contributed by atoms with Crippen LogP contribution in [0.5, 0.6) is 0 Å². The van der Waals surface area contributed by atoms with Crippen molar-refractivity contribution in [2.24, 2.45) is 5.92 Å². The van der Waals surface area contributed by atoms with E-state index in [9.17, 15) is 0 Å². The van der Waals surface area contributed by atoms with Crippen LogP contribution >= 0.6 is 11.3 Å². The van der Waals surface area contributed by atoms with Crippen LogP contribution in [0.2, 0.25) is 0 Å². The predicted molar refractivity (Wildman–Crippen MR) is 74.5 cm³/mol. The van der Waals surface area contributed by atoms with Gasteiger partial charge in [0, 0.05) is 11.7 Å². The summed E-state index contributed by atoms with van der Waals surface area (Å²) >= 11 is 1.70. The second-order valence-corrected chi connectivity index (χ2v) is 5.81. The number of anilines is 2. The highest BCUT2D eigenvalue weighted by atomic mass is 32.1. The molecule has 1 heterocycles. The summed E-state index contributed by atoms with van der Waals surface area (Å²) in [6.45, 7) is 2.25. The number of rotatable bonds is 4. The number of hydrogen-bond donors (Lipinski definition) is 2. The second kappa shape index (κ2) is 4.18. The first kappa shape index (κ1) is 10.8. The van der Waals surface area contributed by atoms with E-state index in [2.05, 4.69) is 17.2 Å². The molecule has 2 unspecified atom stereocenters. The summed E-state index contributed by atoms with van der Waals surface area (Å²) in [6.07, 6.45) is 3.90. The molecule has 0 saturated heterocycles. The number of aromatic nitrogens is 1. The van der Waals surface area contributed by atoms with Crippen molar-refractivity contribution >= 4 is 32.4 Å². The van der Waals surface area contributed by atoms with E-state index in [1.165, 1.54) is 24.0 Å². The third-order valence-electron chi connectivity index (χ3n) is 3.30. The molecule has 4 heteroatoms. The molecule has 0 aliphatic heterocycles. The van der Waals surface area contributed by atoms with Gasteiger partial charge in [-0.15, -0.1) is 0 Å². The molecular formula is C13H17N3S. The number of nitrogens with two attached hydrogens (primary N) is 1. The molecule has 17 heavy (non-hydrogen) atoms. The zero-order valence-corrected chi connectivity index (χ0v) is 10.8. The molecule has 1 aliphatic rings. The first-order valence-corrected chi connectivity index (χ1v) is 7.00. The standard InChI is InChI=1S/C13H17N3S/c1-2-3-8-6-11(8)16-13-15-10-5-4-9(14)7-12(10)17-13/h4-5,7-8,11H,2-3,6,14H2,1H3,(H,15,16). The lowest BCUT2D eigenvalue weighted by molar-refractivity contribution is 0.693. The molecule has 1 aliphatic carbocycles. The Morgan fingerprint density at radius 3 is 3.24 bits per heavy atom. The highest BCUT2D eigenvalue weighted by Gasteiger charge is 2.36. The number of nitrogen functional groups attached to an aromatic ring is 1. The maximum absolute atomic E-state index is 5.77. The third-order valence-corrected chi connectivity index (χ3v) is 4.25. The van der Waals surface area contributed by atoms with E-state index in [1.54, 1.807) is 11.3 Å². The molecule has 0 bridgehead atoms. The smallest absolute Gasteiger partial charge is 0.184 e. The molecule has 2 atom stereocenters. The monoisotopic (exact) mass is 247 g/mol. The molecule has 1 aromatic heterocycles. The molecule has 1 saturated carbocycles. The van der Waals surface area contributed by atoms with Crippen molar-refractivity contribution in [2.45, 2.75) is 32.2 Å². The van der Waals surface area contributed by atoms with Crippen molar-refractivity contribution in [3.63, 3.8) is 0 Å². The van der Waals surface area contributed by atoms with Gasteiger partial charge in [0.05, 0.1) is 10.2 Å².